The maximum Gasteiger partial charge on any atom is 0.410 e. The van der Waals surface area contributed by atoms with Gasteiger partial charge in [0.2, 0.25) is 5.91 Å². The quantitative estimate of drug-likeness (QED) is 0.360. The molecule has 0 spiro atoms. The molecule has 2 aliphatic rings. The van der Waals surface area contributed by atoms with Crippen molar-refractivity contribution in [3.05, 3.63) is 29.3 Å². The number of hydrogen-bond donors (Lipinski definition) is 1. The highest BCUT2D eigenvalue weighted by atomic mass is 16.6. The van der Waals surface area contributed by atoms with Gasteiger partial charge in [-0.15, -0.1) is 0 Å². The van der Waals surface area contributed by atoms with E-state index in [0.717, 1.165) is 12.8 Å². The summed E-state index contributed by atoms with van der Waals surface area (Å²) in [5.41, 5.74) is 0.101. The summed E-state index contributed by atoms with van der Waals surface area (Å²) >= 11 is 0. The highest BCUT2D eigenvalue weighted by molar-refractivity contribution is 6.00. The molecule has 2 amide bonds. The Labute approximate surface area is 227 Å². The molecule has 12 nitrogen and oxygen atoms in total. The summed E-state index contributed by atoms with van der Waals surface area (Å²) < 4.78 is 15.7. The zero-order valence-corrected chi connectivity index (χ0v) is 22.9. The molecule has 1 N–H and O–H groups in total. The van der Waals surface area contributed by atoms with Gasteiger partial charge in [-0.25, -0.2) is 9.59 Å². The molecule has 214 valence electrons. The van der Waals surface area contributed by atoms with Gasteiger partial charge in [0.25, 0.3) is 0 Å². The van der Waals surface area contributed by atoms with Crippen LogP contribution < -0.4 is 4.74 Å². The second-order valence-corrected chi connectivity index (χ2v) is 10.7. The number of likely N-dealkylation sites (tertiary alicyclic amines) is 1. The molecule has 3 rings (SSSR count). The number of benzene rings is 1. The van der Waals surface area contributed by atoms with Crippen molar-refractivity contribution in [1.82, 2.24) is 14.7 Å². The zero-order valence-electron chi connectivity index (χ0n) is 22.9. The Kier molecular flexibility index (Phi) is 9.90. The van der Waals surface area contributed by atoms with Gasteiger partial charge < -0.3 is 29.1 Å². The fourth-order valence-electron chi connectivity index (χ4n) is 4.54. The van der Waals surface area contributed by atoms with Crippen LogP contribution in [0.1, 0.15) is 56.5 Å². The first-order valence-electron chi connectivity index (χ1n) is 13.0. The van der Waals surface area contributed by atoms with Crippen LogP contribution in [0.15, 0.2) is 18.2 Å². The smallest absolute Gasteiger partial charge is 0.410 e. The number of amides is 2. The number of carboxylic acid groups (broad SMARTS) is 1. The Hall–Kier alpha value is -3.67. The van der Waals surface area contributed by atoms with Gasteiger partial charge in [0.05, 0.1) is 13.1 Å². The summed E-state index contributed by atoms with van der Waals surface area (Å²) in [6, 6.07) is 4.61. The molecule has 2 fully saturated rings. The van der Waals surface area contributed by atoms with Crippen LogP contribution in [0, 0.1) is 0 Å². The van der Waals surface area contributed by atoms with E-state index in [1.54, 1.807) is 4.90 Å². The van der Waals surface area contributed by atoms with E-state index >= 15 is 0 Å². The topological polar surface area (TPSA) is 143 Å². The number of nitrogens with zero attached hydrogens (tertiary/aromatic N) is 3. The molecule has 39 heavy (non-hydrogen) atoms. The van der Waals surface area contributed by atoms with Crippen molar-refractivity contribution in [2.45, 2.75) is 58.8 Å². The Morgan fingerprint density at radius 2 is 1.74 bits per heavy atom. The molecule has 0 radical (unpaired) electrons. The van der Waals surface area contributed by atoms with Crippen molar-refractivity contribution in [2.24, 2.45) is 0 Å². The zero-order chi connectivity index (χ0) is 28.7. The van der Waals surface area contributed by atoms with E-state index in [0.29, 0.717) is 37.3 Å². The van der Waals surface area contributed by atoms with Gasteiger partial charge in [-0.3, -0.25) is 19.3 Å². The van der Waals surface area contributed by atoms with Crippen molar-refractivity contribution in [1.29, 1.82) is 0 Å². The lowest BCUT2D eigenvalue weighted by atomic mass is 10.0. The van der Waals surface area contributed by atoms with E-state index in [2.05, 4.69) is 4.90 Å². The molecule has 1 aromatic rings. The summed E-state index contributed by atoms with van der Waals surface area (Å²) in [4.78, 5) is 65.7. The minimum atomic E-state index is -1.17. The van der Waals surface area contributed by atoms with Crippen LogP contribution in [0.3, 0.4) is 0 Å². The van der Waals surface area contributed by atoms with Crippen molar-refractivity contribution in [2.75, 3.05) is 45.9 Å². The van der Waals surface area contributed by atoms with Gasteiger partial charge in [0, 0.05) is 50.3 Å². The van der Waals surface area contributed by atoms with Crippen LogP contribution in [0.2, 0.25) is 0 Å². The Balaban J connectivity index is 1.54. The average Bonchev–Trinajstić information content (AvgIpc) is 2.86. The van der Waals surface area contributed by atoms with Crippen LogP contribution in [0.25, 0.3) is 0 Å². The lowest BCUT2D eigenvalue weighted by Gasteiger charge is -2.42. The number of carbonyl (C=O) groups is 5. The average molecular weight is 548 g/mol. The molecule has 2 saturated heterocycles. The summed E-state index contributed by atoms with van der Waals surface area (Å²) in [7, 11) is 0. The number of Topliss-reactive ketones (excluding diaryl/α,β-unsaturated/α-hetero) is 1. The molecule has 0 unspecified atom stereocenters. The van der Waals surface area contributed by atoms with E-state index in [-0.39, 0.29) is 49.3 Å². The number of rotatable bonds is 9. The largest absolute Gasteiger partial charge is 0.481 e. The predicted molar refractivity (Wildman–Crippen MR) is 138 cm³/mol. The molecular formula is C27H37N3O9. The number of carboxylic acids is 1. The standard InChI is InChI=1S/C27H37N3O9/c1-18(31)37-16-20-13-19(5-6-23(20)38-17-25(34)35)22(32)14-30-12-11-29(15-24(30)33)21-7-9-28(10-8-21)26(36)39-27(2,3)4/h5-6,13,21H,7-12,14-17H2,1-4H3,(H,34,35). The molecule has 0 aromatic heterocycles. The summed E-state index contributed by atoms with van der Waals surface area (Å²) in [6.45, 7) is 8.22. The SMILES string of the molecule is CC(=O)OCc1cc(C(=O)CN2CCN(C3CCN(C(=O)OC(C)(C)C)CC3)CC2=O)ccc1OCC(=O)O. The van der Waals surface area contributed by atoms with Gasteiger partial charge in [0.15, 0.2) is 12.4 Å². The molecule has 0 bridgehead atoms. The van der Waals surface area contributed by atoms with E-state index in [9.17, 15) is 24.0 Å². The number of ether oxygens (including phenoxy) is 3. The van der Waals surface area contributed by atoms with E-state index in [1.807, 2.05) is 20.8 Å². The lowest BCUT2D eigenvalue weighted by molar-refractivity contribution is -0.142. The van der Waals surface area contributed by atoms with Crippen LogP contribution >= 0.6 is 0 Å². The molecule has 0 aliphatic carbocycles. The summed E-state index contributed by atoms with van der Waals surface area (Å²) in [6.07, 6.45) is 1.16. The van der Waals surface area contributed by atoms with Crippen molar-refractivity contribution >= 4 is 29.7 Å². The minimum Gasteiger partial charge on any atom is -0.481 e. The van der Waals surface area contributed by atoms with Gasteiger partial charge in [-0.05, 0) is 51.8 Å². The normalized spacial score (nSPS) is 17.1. The first-order chi connectivity index (χ1) is 18.3. The number of hydrogen-bond acceptors (Lipinski definition) is 9. The highest BCUT2D eigenvalue weighted by Crippen LogP contribution is 2.23. The minimum absolute atomic E-state index is 0.105. The number of piperazine rings is 1. The molecule has 0 atom stereocenters. The number of esters is 1. The second kappa shape index (κ2) is 12.9. The van der Waals surface area contributed by atoms with Crippen LogP contribution in [-0.2, 0) is 30.5 Å². The third kappa shape index (κ3) is 8.95. The van der Waals surface area contributed by atoms with E-state index < -0.39 is 24.1 Å². The summed E-state index contributed by atoms with van der Waals surface area (Å²) in [5.74, 6) is -1.95. The maximum absolute atomic E-state index is 13.0. The highest BCUT2D eigenvalue weighted by Gasteiger charge is 2.34. The van der Waals surface area contributed by atoms with Crippen molar-refractivity contribution in [3.8, 4) is 5.75 Å². The number of piperidine rings is 1. The monoisotopic (exact) mass is 547 g/mol. The lowest BCUT2D eigenvalue weighted by Crippen LogP contribution is -2.56. The molecule has 1 aromatic carbocycles. The molecule has 2 aliphatic heterocycles. The maximum atomic E-state index is 13.0. The third-order valence-corrected chi connectivity index (χ3v) is 6.48. The Bertz CT molecular complexity index is 1090. The number of ketones is 1. The molecule has 12 heteroatoms. The van der Waals surface area contributed by atoms with Gasteiger partial charge in [-0.2, -0.15) is 0 Å². The fraction of sp³-hybridized carbons (Fsp3) is 0.593. The first kappa shape index (κ1) is 29.9. The van der Waals surface area contributed by atoms with Crippen molar-refractivity contribution < 1.29 is 43.3 Å². The Morgan fingerprint density at radius 3 is 2.33 bits per heavy atom. The van der Waals surface area contributed by atoms with Gasteiger partial charge in [0.1, 0.15) is 18.0 Å². The second-order valence-electron chi connectivity index (χ2n) is 10.7. The van der Waals surface area contributed by atoms with Crippen molar-refractivity contribution in [3.63, 3.8) is 0 Å². The number of carbonyl (C=O) groups excluding carboxylic acids is 4. The number of aliphatic carboxylic acids is 1. The van der Waals surface area contributed by atoms with Crippen LogP contribution in [0.4, 0.5) is 4.79 Å². The van der Waals surface area contributed by atoms with E-state index in [1.165, 1.54) is 30.0 Å². The summed E-state index contributed by atoms with van der Waals surface area (Å²) in [5, 5.41) is 8.88. The van der Waals surface area contributed by atoms with Gasteiger partial charge in [-0.1, -0.05) is 0 Å². The Morgan fingerprint density at radius 1 is 1.05 bits per heavy atom. The molecule has 0 saturated carbocycles. The fourth-order valence-corrected chi connectivity index (χ4v) is 4.54. The third-order valence-electron chi connectivity index (χ3n) is 6.48. The molecular weight excluding hydrogens is 510 g/mol. The van der Waals surface area contributed by atoms with Crippen LogP contribution in [-0.4, -0.2) is 107 Å². The molecule has 2 heterocycles. The first-order valence-corrected chi connectivity index (χ1v) is 13.0. The van der Waals surface area contributed by atoms with Crippen LogP contribution in [0.5, 0.6) is 5.75 Å². The van der Waals surface area contributed by atoms with Gasteiger partial charge >= 0.3 is 18.0 Å². The van der Waals surface area contributed by atoms with E-state index in [4.69, 9.17) is 19.3 Å². The predicted octanol–water partition coefficient (Wildman–Crippen LogP) is 1.94.